The van der Waals surface area contributed by atoms with Crippen molar-refractivity contribution in [1.82, 2.24) is 15.6 Å². The topological polar surface area (TPSA) is 130 Å². The highest BCUT2D eigenvalue weighted by molar-refractivity contribution is 6.30. The van der Waals surface area contributed by atoms with Crippen LogP contribution in [0.25, 0.3) is 0 Å². The summed E-state index contributed by atoms with van der Waals surface area (Å²) < 4.78 is 5.49. The van der Waals surface area contributed by atoms with Crippen LogP contribution in [0.2, 0.25) is 5.02 Å². The number of carbonyl (C=O) groups is 2. The van der Waals surface area contributed by atoms with Crippen molar-refractivity contribution in [2.75, 3.05) is 13.7 Å². The zero-order valence-corrected chi connectivity index (χ0v) is 14.8. The van der Waals surface area contributed by atoms with Crippen LogP contribution < -0.4 is 21.1 Å². The number of nitrogens with two attached hydrogens (primary N) is 1. The van der Waals surface area contributed by atoms with Crippen molar-refractivity contribution in [3.63, 3.8) is 0 Å². The van der Waals surface area contributed by atoms with Gasteiger partial charge < -0.3 is 21.1 Å². The van der Waals surface area contributed by atoms with E-state index in [4.69, 9.17) is 27.5 Å². The monoisotopic (exact) mass is 375 g/mol. The second-order valence-corrected chi connectivity index (χ2v) is 5.71. The Bertz CT molecular complexity index is 841. The molecule has 0 saturated carbocycles. The SMILES string of the molecule is CNC(=O)COc1cc(C(=N)N)ccc1CNC(=O)c1cncc(Cl)c1. The molecule has 0 aliphatic carbocycles. The van der Waals surface area contributed by atoms with Crippen LogP contribution in [0.5, 0.6) is 5.75 Å². The summed E-state index contributed by atoms with van der Waals surface area (Å²) in [5.41, 5.74) is 6.89. The smallest absolute Gasteiger partial charge is 0.257 e. The van der Waals surface area contributed by atoms with Crippen LogP contribution in [0.3, 0.4) is 0 Å². The number of likely N-dealkylation sites (N-methyl/N-ethyl adjacent to an activating group) is 1. The number of hydrogen-bond acceptors (Lipinski definition) is 5. The van der Waals surface area contributed by atoms with Crippen LogP contribution in [0.15, 0.2) is 36.7 Å². The average Bonchev–Trinajstić information content (AvgIpc) is 2.64. The number of halogens is 1. The van der Waals surface area contributed by atoms with E-state index in [2.05, 4.69) is 15.6 Å². The first kappa shape index (κ1) is 19.2. The molecule has 26 heavy (non-hydrogen) atoms. The van der Waals surface area contributed by atoms with Gasteiger partial charge >= 0.3 is 0 Å². The van der Waals surface area contributed by atoms with E-state index in [9.17, 15) is 9.59 Å². The van der Waals surface area contributed by atoms with Gasteiger partial charge in [-0.15, -0.1) is 0 Å². The largest absolute Gasteiger partial charge is 0.483 e. The molecule has 0 aliphatic heterocycles. The summed E-state index contributed by atoms with van der Waals surface area (Å²) in [4.78, 5) is 27.5. The van der Waals surface area contributed by atoms with Crippen LogP contribution in [-0.4, -0.2) is 36.3 Å². The first-order valence-electron chi connectivity index (χ1n) is 7.60. The standard InChI is InChI=1S/C17H18ClN5O3/c1-21-15(24)9-26-14-5-10(16(19)20)2-3-11(14)7-23-17(25)12-4-13(18)8-22-6-12/h2-6,8H,7,9H2,1H3,(H3,19,20)(H,21,24)(H,23,25). The number of nitrogen functional groups attached to an aromatic ring is 1. The maximum absolute atomic E-state index is 12.2. The number of ether oxygens (including phenoxy) is 1. The van der Waals surface area contributed by atoms with Gasteiger partial charge in [-0.2, -0.15) is 0 Å². The number of carbonyl (C=O) groups excluding carboxylic acids is 2. The van der Waals surface area contributed by atoms with E-state index in [1.807, 2.05) is 0 Å². The number of pyridine rings is 1. The Hall–Kier alpha value is -3.13. The maximum atomic E-state index is 12.2. The third-order valence-electron chi connectivity index (χ3n) is 3.42. The molecule has 0 fully saturated rings. The van der Waals surface area contributed by atoms with Crippen molar-refractivity contribution >= 4 is 29.3 Å². The Morgan fingerprint density at radius 1 is 1.27 bits per heavy atom. The zero-order valence-electron chi connectivity index (χ0n) is 14.0. The predicted molar refractivity (Wildman–Crippen MR) is 97.4 cm³/mol. The molecule has 1 aromatic carbocycles. The molecule has 2 rings (SSSR count). The third-order valence-corrected chi connectivity index (χ3v) is 3.63. The van der Waals surface area contributed by atoms with Gasteiger partial charge in [0.05, 0.1) is 10.6 Å². The van der Waals surface area contributed by atoms with E-state index < -0.39 is 0 Å². The normalized spacial score (nSPS) is 10.1. The highest BCUT2D eigenvalue weighted by Gasteiger charge is 2.12. The Morgan fingerprint density at radius 3 is 2.69 bits per heavy atom. The van der Waals surface area contributed by atoms with Gasteiger partial charge in [0.2, 0.25) is 0 Å². The predicted octanol–water partition coefficient (Wildman–Crippen LogP) is 1.07. The summed E-state index contributed by atoms with van der Waals surface area (Å²) >= 11 is 5.83. The lowest BCUT2D eigenvalue weighted by atomic mass is 10.1. The van der Waals surface area contributed by atoms with E-state index in [1.165, 1.54) is 25.5 Å². The molecule has 1 aromatic heterocycles. The van der Waals surface area contributed by atoms with Gasteiger partial charge in [-0.25, -0.2) is 0 Å². The number of amidine groups is 1. The quantitative estimate of drug-likeness (QED) is 0.425. The lowest BCUT2D eigenvalue weighted by molar-refractivity contribution is -0.122. The van der Waals surface area contributed by atoms with Crippen LogP contribution in [0.1, 0.15) is 21.5 Å². The number of rotatable bonds is 7. The Labute approximate surface area is 155 Å². The van der Waals surface area contributed by atoms with Crippen molar-refractivity contribution in [1.29, 1.82) is 5.41 Å². The van der Waals surface area contributed by atoms with E-state index in [0.29, 0.717) is 27.5 Å². The molecule has 5 N–H and O–H groups in total. The molecule has 0 aliphatic rings. The Kier molecular flexibility index (Phi) is 6.51. The van der Waals surface area contributed by atoms with Crippen LogP contribution >= 0.6 is 11.6 Å². The molecule has 0 radical (unpaired) electrons. The molecule has 136 valence electrons. The van der Waals surface area contributed by atoms with Gasteiger partial charge in [0.1, 0.15) is 11.6 Å². The van der Waals surface area contributed by atoms with Gasteiger partial charge in [-0.05, 0) is 12.1 Å². The molecule has 0 bridgehead atoms. The average molecular weight is 376 g/mol. The van der Waals surface area contributed by atoms with Crippen LogP contribution in [-0.2, 0) is 11.3 Å². The Balaban J connectivity index is 2.14. The highest BCUT2D eigenvalue weighted by atomic mass is 35.5. The summed E-state index contributed by atoms with van der Waals surface area (Å²) in [7, 11) is 1.50. The van der Waals surface area contributed by atoms with Crippen LogP contribution in [0.4, 0.5) is 0 Å². The molecule has 9 heteroatoms. The summed E-state index contributed by atoms with van der Waals surface area (Å²) in [6.07, 6.45) is 2.84. The summed E-state index contributed by atoms with van der Waals surface area (Å²) in [6.45, 7) is -0.0520. The zero-order chi connectivity index (χ0) is 19.1. The van der Waals surface area contributed by atoms with Crippen molar-refractivity contribution in [3.8, 4) is 5.75 Å². The fourth-order valence-corrected chi connectivity index (χ4v) is 2.21. The third kappa shape index (κ3) is 5.18. The van der Waals surface area contributed by atoms with Gasteiger partial charge in [-0.3, -0.25) is 20.0 Å². The first-order valence-corrected chi connectivity index (χ1v) is 7.98. The van der Waals surface area contributed by atoms with Crippen LogP contribution in [0, 0.1) is 5.41 Å². The summed E-state index contributed by atoms with van der Waals surface area (Å²) in [5, 5.41) is 13.1. The number of nitrogens with one attached hydrogen (secondary N) is 3. The molecule has 0 unspecified atom stereocenters. The van der Waals surface area contributed by atoms with E-state index in [0.717, 1.165) is 0 Å². The lowest BCUT2D eigenvalue weighted by Crippen LogP contribution is -2.26. The number of hydrogen-bond donors (Lipinski definition) is 4. The van der Waals surface area contributed by atoms with E-state index in [1.54, 1.807) is 18.2 Å². The lowest BCUT2D eigenvalue weighted by Gasteiger charge is -2.13. The molecule has 2 aromatic rings. The Morgan fingerprint density at radius 2 is 2.04 bits per heavy atom. The fraction of sp³-hybridized carbons (Fsp3) is 0.176. The number of aromatic nitrogens is 1. The van der Waals surface area contributed by atoms with E-state index in [-0.39, 0.29) is 30.8 Å². The second-order valence-electron chi connectivity index (χ2n) is 5.27. The van der Waals surface area contributed by atoms with Gasteiger partial charge in [-0.1, -0.05) is 23.7 Å². The molecule has 0 atom stereocenters. The molecular weight excluding hydrogens is 358 g/mol. The first-order chi connectivity index (χ1) is 12.4. The number of nitrogens with zero attached hydrogens (tertiary/aromatic N) is 1. The van der Waals surface area contributed by atoms with Gasteiger partial charge in [0.25, 0.3) is 11.8 Å². The highest BCUT2D eigenvalue weighted by Crippen LogP contribution is 2.21. The van der Waals surface area contributed by atoms with Gasteiger partial charge in [0.15, 0.2) is 6.61 Å². The molecule has 0 saturated heterocycles. The fourth-order valence-electron chi connectivity index (χ4n) is 2.03. The molecule has 2 amide bonds. The summed E-state index contributed by atoms with van der Waals surface area (Å²) in [5.74, 6) is -0.438. The minimum Gasteiger partial charge on any atom is -0.483 e. The second kappa shape index (κ2) is 8.82. The van der Waals surface area contributed by atoms with Crippen molar-refractivity contribution in [2.45, 2.75) is 6.54 Å². The number of amides is 2. The van der Waals surface area contributed by atoms with Crippen molar-refractivity contribution in [2.24, 2.45) is 5.73 Å². The minimum atomic E-state index is -0.354. The number of benzene rings is 1. The van der Waals surface area contributed by atoms with Crippen molar-refractivity contribution < 1.29 is 14.3 Å². The molecule has 8 nitrogen and oxygen atoms in total. The summed E-state index contributed by atoms with van der Waals surface area (Å²) in [6, 6.07) is 6.36. The van der Waals surface area contributed by atoms with Crippen molar-refractivity contribution in [3.05, 3.63) is 58.4 Å². The van der Waals surface area contributed by atoms with E-state index >= 15 is 0 Å². The maximum Gasteiger partial charge on any atom is 0.257 e. The molecule has 0 spiro atoms. The minimum absolute atomic E-state index is 0.129. The molecule has 1 heterocycles. The molecular formula is C17H18ClN5O3. The van der Waals surface area contributed by atoms with Gasteiger partial charge in [0, 0.05) is 37.1 Å².